The van der Waals surface area contributed by atoms with Crippen molar-refractivity contribution >= 4 is 29.3 Å². The Morgan fingerprint density at radius 2 is 2.00 bits per heavy atom. The standard InChI is InChI=1S/C19H34ClFN2O5S/c1-10(20)13(17-15(25)14(24)16(26)19(28-17)29-2)23-18(27)12-6-5-11(4-3-8-21)7-9-22-12/h10-17,19,22,24-26H,3-9H2,1-2H3,(H,23,27)/t10-,11-,12-,13+,14-,15+,16+,17+,19+/m0/s1. The second-order valence-electron chi connectivity index (χ2n) is 7.96. The molecule has 0 aromatic heterocycles. The Kier molecular flexibility index (Phi) is 10.4. The Bertz CT molecular complexity index is 519. The molecule has 0 aliphatic carbocycles. The molecule has 10 heteroatoms. The van der Waals surface area contributed by atoms with Gasteiger partial charge in [0.1, 0.15) is 29.9 Å². The maximum Gasteiger partial charge on any atom is 0.237 e. The Balaban J connectivity index is 2.01. The van der Waals surface area contributed by atoms with Crippen molar-refractivity contribution in [2.24, 2.45) is 5.92 Å². The maximum absolute atomic E-state index is 12.9. The van der Waals surface area contributed by atoms with Crippen LogP contribution < -0.4 is 10.6 Å². The number of halogens is 2. The average Bonchev–Trinajstić information content (AvgIpc) is 2.95. The minimum absolute atomic E-state index is 0.245. The minimum Gasteiger partial charge on any atom is -0.388 e. The van der Waals surface area contributed by atoms with E-state index in [2.05, 4.69) is 10.6 Å². The molecule has 2 aliphatic rings. The van der Waals surface area contributed by atoms with Gasteiger partial charge in [-0.05, 0) is 57.7 Å². The van der Waals surface area contributed by atoms with E-state index >= 15 is 0 Å². The summed E-state index contributed by atoms with van der Waals surface area (Å²) < 4.78 is 18.2. The van der Waals surface area contributed by atoms with Gasteiger partial charge in [0, 0.05) is 0 Å². The molecule has 2 heterocycles. The Morgan fingerprint density at radius 1 is 1.28 bits per heavy atom. The van der Waals surface area contributed by atoms with Gasteiger partial charge >= 0.3 is 0 Å². The lowest BCUT2D eigenvalue weighted by Gasteiger charge is -2.44. The summed E-state index contributed by atoms with van der Waals surface area (Å²) in [5.74, 6) is 0.159. The summed E-state index contributed by atoms with van der Waals surface area (Å²) in [7, 11) is 0. The second-order valence-corrected chi connectivity index (χ2v) is 9.58. The molecule has 7 nitrogen and oxygen atoms in total. The highest BCUT2D eigenvalue weighted by atomic mass is 35.5. The van der Waals surface area contributed by atoms with Gasteiger partial charge in [-0.25, -0.2) is 0 Å². The number of aliphatic hydroxyl groups excluding tert-OH is 3. The number of hydrogen-bond acceptors (Lipinski definition) is 7. The van der Waals surface area contributed by atoms with Gasteiger partial charge in [-0.2, -0.15) is 0 Å². The van der Waals surface area contributed by atoms with Crippen molar-refractivity contribution in [3.63, 3.8) is 0 Å². The molecule has 2 saturated heterocycles. The van der Waals surface area contributed by atoms with Crippen LogP contribution in [0.5, 0.6) is 0 Å². The Hall–Kier alpha value is -0.160. The number of ether oxygens (including phenoxy) is 1. The first-order valence-corrected chi connectivity index (χ1v) is 12.0. The molecular weight excluding hydrogens is 423 g/mol. The van der Waals surface area contributed by atoms with E-state index in [9.17, 15) is 24.5 Å². The van der Waals surface area contributed by atoms with Gasteiger partial charge in [-0.3, -0.25) is 9.18 Å². The van der Waals surface area contributed by atoms with Crippen molar-refractivity contribution in [1.29, 1.82) is 0 Å². The van der Waals surface area contributed by atoms with Crippen LogP contribution in [0.1, 0.15) is 39.0 Å². The molecule has 2 rings (SSSR count). The normalized spacial score (nSPS) is 38.1. The Morgan fingerprint density at radius 3 is 2.62 bits per heavy atom. The molecule has 29 heavy (non-hydrogen) atoms. The van der Waals surface area contributed by atoms with Crippen molar-refractivity contribution in [2.75, 3.05) is 19.5 Å². The van der Waals surface area contributed by atoms with Crippen LogP contribution in [-0.2, 0) is 9.53 Å². The summed E-state index contributed by atoms with van der Waals surface area (Å²) in [6.45, 7) is 2.05. The SMILES string of the molecule is CS[C@H]1O[C@H]([C@H](NC(=O)[C@@H]2CC[C@H](CCCF)CCN2)[C@H](C)Cl)[C@H](O)[C@H](O)[C@H]1O. The van der Waals surface area contributed by atoms with Crippen molar-refractivity contribution in [3.8, 4) is 0 Å². The number of rotatable bonds is 8. The molecule has 2 fully saturated rings. The predicted molar refractivity (Wildman–Crippen MR) is 112 cm³/mol. The van der Waals surface area contributed by atoms with Gasteiger partial charge in [0.2, 0.25) is 5.91 Å². The van der Waals surface area contributed by atoms with E-state index in [1.54, 1.807) is 13.2 Å². The molecule has 0 unspecified atom stereocenters. The highest BCUT2D eigenvalue weighted by Gasteiger charge is 2.48. The van der Waals surface area contributed by atoms with Crippen LogP contribution >= 0.6 is 23.4 Å². The van der Waals surface area contributed by atoms with E-state index < -0.39 is 47.3 Å². The first kappa shape index (κ1) is 25.1. The van der Waals surface area contributed by atoms with Crippen molar-refractivity contribution in [1.82, 2.24) is 10.6 Å². The summed E-state index contributed by atoms with van der Waals surface area (Å²) in [6.07, 6.45) is 0.517. The lowest BCUT2D eigenvalue weighted by molar-refractivity contribution is -0.205. The number of nitrogens with one attached hydrogen (secondary N) is 2. The maximum atomic E-state index is 12.9. The molecule has 0 aromatic carbocycles. The summed E-state index contributed by atoms with van der Waals surface area (Å²) >= 11 is 7.51. The van der Waals surface area contributed by atoms with Crippen LogP contribution in [0.3, 0.4) is 0 Å². The fraction of sp³-hybridized carbons (Fsp3) is 0.947. The first-order chi connectivity index (χ1) is 13.8. The lowest BCUT2D eigenvalue weighted by atomic mass is 9.92. The Labute approximate surface area is 181 Å². The summed E-state index contributed by atoms with van der Waals surface area (Å²) in [6, 6.07) is -1.15. The van der Waals surface area contributed by atoms with Gasteiger partial charge in [0.15, 0.2) is 0 Å². The topological polar surface area (TPSA) is 111 Å². The highest BCUT2D eigenvalue weighted by molar-refractivity contribution is 7.99. The van der Waals surface area contributed by atoms with Crippen LogP contribution in [0.4, 0.5) is 4.39 Å². The van der Waals surface area contributed by atoms with Gasteiger partial charge in [-0.15, -0.1) is 23.4 Å². The van der Waals surface area contributed by atoms with E-state index in [0.29, 0.717) is 25.3 Å². The van der Waals surface area contributed by atoms with Crippen LogP contribution in [0, 0.1) is 5.92 Å². The summed E-state index contributed by atoms with van der Waals surface area (Å²) in [5, 5.41) is 36.2. The molecule has 170 valence electrons. The number of aliphatic hydroxyl groups is 3. The van der Waals surface area contributed by atoms with Crippen LogP contribution in [-0.4, -0.2) is 88.0 Å². The monoisotopic (exact) mass is 456 g/mol. The number of carbonyl (C=O) groups excluding carboxylic acids is 1. The van der Waals surface area contributed by atoms with Crippen molar-refractivity contribution < 1.29 is 29.2 Å². The average molecular weight is 457 g/mol. The lowest BCUT2D eigenvalue weighted by Crippen LogP contribution is -2.65. The van der Waals surface area contributed by atoms with Crippen molar-refractivity contribution in [3.05, 3.63) is 0 Å². The third-order valence-electron chi connectivity index (χ3n) is 5.87. The number of hydrogen-bond donors (Lipinski definition) is 5. The van der Waals surface area contributed by atoms with Crippen LogP contribution in [0.25, 0.3) is 0 Å². The van der Waals surface area contributed by atoms with E-state index in [1.165, 1.54) is 11.8 Å². The molecule has 0 bridgehead atoms. The van der Waals surface area contributed by atoms with Crippen molar-refractivity contribution in [2.45, 2.75) is 86.3 Å². The largest absolute Gasteiger partial charge is 0.388 e. The third-order valence-corrected chi connectivity index (χ3v) is 6.99. The van der Waals surface area contributed by atoms with Gasteiger partial charge in [0.05, 0.1) is 24.1 Å². The molecule has 1 amide bonds. The zero-order chi connectivity index (χ0) is 21.6. The van der Waals surface area contributed by atoms with E-state index in [4.69, 9.17) is 16.3 Å². The fourth-order valence-corrected chi connectivity index (χ4v) is 4.96. The highest BCUT2D eigenvalue weighted by Crippen LogP contribution is 2.30. The molecular formula is C19H34ClFN2O5S. The van der Waals surface area contributed by atoms with E-state index in [1.807, 2.05) is 0 Å². The molecule has 0 aromatic rings. The smallest absolute Gasteiger partial charge is 0.237 e. The zero-order valence-corrected chi connectivity index (χ0v) is 18.5. The van der Waals surface area contributed by atoms with E-state index in [-0.39, 0.29) is 12.6 Å². The predicted octanol–water partition coefficient (Wildman–Crippen LogP) is 0.777. The number of thioether (sulfide) groups is 1. The van der Waals surface area contributed by atoms with Gasteiger partial charge in [0.25, 0.3) is 0 Å². The van der Waals surface area contributed by atoms with Crippen LogP contribution in [0.15, 0.2) is 0 Å². The number of amides is 1. The second kappa shape index (κ2) is 12.0. The molecule has 5 N–H and O–H groups in total. The molecule has 0 spiro atoms. The van der Waals surface area contributed by atoms with Crippen LogP contribution in [0.2, 0.25) is 0 Å². The van der Waals surface area contributed by atoms with E-state index in [0.717, 1.165) is 19.3 Å². The minimum atomic E-state index is -1.40. The number of carbonyl (C=O) groups is 1. The molecule has 2 aliphatic heterocycles. The molecule has 9 atom stereocenters. The molecule has 0 radical (unpaired) electrons. The number of alkyl halides is 2. The quantitative estimate of drug-likeness (QED) is 0.343. The summed E-state index contributed by atoms with van der Waals surface area (Å²) in [5.41, 5.74) is -0.736. The third kappa shape index (κ3) is 6.66. The molecule has 0 saturated carbocycles. The summed E-state index contributed by atoms with van der Waals surface area (Å²) in [4.78, 5) is 12.9. The van der Waals surface area contributed by atoms with Gasteiger partial charge in [-0.1, -0.05) is 0 Å². The van der Waals surface area contributed by atoms with Gasteiger partial charge < -0.3 is 30.7 Å². The zero-order valence-electron chi connectivity index (χ0n) is 17.0. The first-order valence-electron chi connectivity index (χ1n) is 10.3. The fourth-order valence-electron chi connectivity index (χ4n) is 4.08.